The minimum absolute atomic E-state index is 0.288. The third kappa shape index (κ3) is 2.60. The van der Waals surface area contributed by atoms with E-state index >= 15 is 0 Å². The van der Waals surface area contributed by atoms with E-state index in [1.807, 2.05) is 30.3 Å². The monoisotopic (exact) mass is 305 g/mol. The van der Waals surface area contributed by atoms with Crippen LogP contribution in [0.15, 0.2) is 30.3 Å². The maximum absolute atomic E-state index is 12.7. The molecule has 0 saturated carbocycles. The molecule has 2 saturated heterocycles. The van der Waals surface area contributed by atoms with E-state index in [-0.39, 0.29) is 24.7 Å². The van der Waals surface area contributed by atoms with Crippen LogP contribution in [0.2, 0.25) is 0 Å². The molecule has 1 aromatic rings. The number of rotatable bonds is 5. The van der Waals surface area contributed by atoms with Gasteiger partial charge in [0.05, 0.1) is 37.7 Å². The van der Waals surface area contributed by atoms with E-state index in [9.17, 15) is 14.7 Å². The molecule has 2 aliphatic heterocycles. The third-order valence-electron chi connectivity index (χ3n) is 4.48. The number of carbonyl (C=O) groups excluding carboxylic acids is 1. The van der Waals surface area contributed by atoms with Crippen LogP contribution in [-0.2, 0) is 25.7 Å². The molecule has 0 spiro atoms. The lowest BCUT2D eigenvalue weighted by molar-refractivity contribution is -0.188. The van der Waals surface area contributed by atoms with E-state index in [0.29, 0.717) is 6.42 Å². The van der Waals surface area contributed by atoms with Crippen molar-refractivity contribution < 1.29 is 24.3 Å². The summed E-state index contributed by atoms with van der Waals surface area (Å²) >= 11 is 0. The van der Waals surface area contributed by atoms with Crippen molar-refractivity contribution in [3.8, 4) is 0 Å². The number of carboxylic acids is 1. The van der Waals surface area contributed by atoms with Crippen molar-refractivity contribution >= 4 is 11.9 Å². The SMILES string of the molecule is CON(Cc1ccccc1)C(=O)C1C2CCC(O2)C1C(=O)O. The number of ether oxygens (including phenoxy) is 1. The van der Waals surface area contributed by atoms with Gasteiger partial charge < -0.3 is 9.84 Å². The smallest absolute Gasteiger partial charge is 0.310 e. The van der Waals surface area contributed by atoms with Crippen LogP contribution in [0.25, 0.3) is 0 Å². The first-order valence-electron chi connectivity index (χ1n) is 7.39. The number of nitrogens with zero attached hydrogens (tertiary/aromatic N) is 1. The van der Waals surface area contributed by atoms with Crippen LogP contribution in [0.5, 0.6) is 0 Å². The number of hydrogen-bond acceptors (Lipinski definition) is 4. The molecule has 1 aromatic carbocycles. The summed E-state index contributed by atoms with van der Waals surface area (Å²) in [5.74, 6) is -2.73. The first-order valence-corrected chi connectivity index (χ1v) is 7.39. The number of benzene rings is 1. The van der Waals surface area contributed by atoms with Crippen molar-refractivity contribution in [2.45, 2.75) is 31.6 Å². The molecule has 6 nitrogen and oxygen atoms in total. The summed E-state index contributed by atoms with van der Waals surface area (Å²) in [6.45, 7) is 0.288. The summed E-state index contributed by atoms with van der Waals surface area (Å²) in [6.07, 6.45) is 0.768. The van der Waals surface area contributed by atoms with Gasteiger partial charge in [0.1, 0.15) is 0 Å². The van der Waals surface area contributed by atoms with Gasteiger partial charge in [-0.1, -0.05) is 30.3 Å². The topological polar surface area (TPSA) is 76.1 Å². The summed E-state index contributed by atoms with van der Waals surface area (Å²) in [7, 11) is 1.42. The molecule has 2 heterocycles. The number of amides is 1. The number of carbonyl (C=O) groups is 2. The average molecular weight is 305 g/mol. The van der Waals surface area contributed by atoms with Gasteiger partial charge in [-0.2, -0.15) is 0 Å². The molecule has 4 unspecified atom stereocenters. The van der Waals surface area contributed by atoms with Crippen LogP contribution in [-0.4, -0.2) is 41.4 Å². The molecule has 1 N–H and O–H groups in total. The summed E-state index contributed by atoms with van der Waals surface area (Å²) in [5, 5.41) is 10.6. The Morgan fingerprint density at radius 2 is 1.86 bits per heavy atom. The second-order valence-electron chi connectivity index (χ2n) is 5.72. The fourth-order valence-corrected chi connectivity index (χ4v) is 3.45. The van der Waals surface area contributed by atoms with Crippen LogP contribution in [0, 0.1) is 11.8 Å². The van der Waals surface area contributed by atoms with Crippen molar-refractivity contribution in [1.29, 1.82) is 0 Å². The van der Waals surface area contributed by atoms with E-state index in [1.54, 1.807) is 0 Å². The Kier molecular flexibility index (Phi) is 4.13. The Labute approximate surface area is 128 Å². The molecule has 0 aliphatic carbocycles. The standard InChI is InChI=1S/C16H19NO5/c1-21-17(9-10-5-3-2-4-6-10)15(18)13-11-7-8-12(22-11)14(13)16(19)20/h2-6,11-14H,7-9H2,1H3,(H,19,20). The first kappa shape index (κ1) is 15.0. The molecule has 0 aromatic heterocycles. The molecule has 2 bridgehead atoms. The van der Waals surface area contributed by atoms with Crippen LogP contribution in [0.4, 0.5) is 0 Å². The zero-order chi connectivity index (χ0) is 15.7. The van der Waals surface area contributed by atoms with Crippen molar-refractivity contribution in [1.82, 2.24) is 5.06 Å². The van der Waals surface area contributed by atoms with Gasteiger partial charge in [-0.3, -0.25) is 14.4 Å². The van der Waals surface area contributed by atoms with Gasteiger partial charge in [0.15, 0.2) is 0 Å². The number of aliphatic carboxylic acids is 1. The molecule has 1 amide bonds. The Morgan fingerprint density at radius 1 is 1.23 bits per heavy atom. The second kappa shape index (κ2) is 6.06. The Balaban J connectivity index is 1.77. The lowest BCUT2D eigenvalue weighted by atomic mass is 9.78. The fraction of sp³-hybridized carbons (Fsp3) is 0.500. The van der Waals surface area contributed by atoms with E-state index in [4.69, 9.17) is 9.57 Å². The Morgan fingerprint density at radius 3 is 2.45 bits per heavy atom. The number of hydroxylamine groups is 2. The number of fused-ring (bicyclic) bond motifs is 2. The maximum Gasteiger partial charge on any atom is 0.310 e. The fourth-order valence-electron chi connectivity index (χ4n) is 3.45. The van der Waals surface area contributed by atoms with E-state index in [2.05, 4.69) is 0 Å². The summed E-state index contributed by atoms with van der Waals surface area (Å²) in [5.41, 5.74) is 0.925. The quantitative estimate of drug-likeness (QED) is 0.833. The average Bonchev–Trinajstić information content (AvgIpc) is 3.13. The summed E-state index contributed by atoms with van der Waals surface area (Å²) < 4.78 is 5.64. The van der Waals surface area contributed by atoms with Gasteiger partial charge in [0.2, 0.25) is 0 Å². The summed E-state index contributed by atoms with van der Waals surface area (Å²) in [6, 6.07) is 9.45. The number of carboxylic acid groups (broad SMARTS) is 1. The zero-order valence-electron chi connectivity index (χ0n) is 12.3. The molecular formula is C16H19NO5. The molecule has 2 fully saturated rings. The second-order valence-corrected chi connectivity index (χ2v) is 5.72. The van der Waals surface area contributed by atoms with Gasteiger partial charge >= 0.3 is 5.97 Å². The van der Waals surface area contributed by atoms with E-state index in [0.717, 1.165) is 12.0 Å². The highest BCUT2D eigenvalue weighted by Crippen LogP contribution is 2.44. The predicted molar refractivity (Wildman–Crippen MR) is 76.5 cm³/mol. The van der Waals surface area contributed by atoms with Gasteiger partial charge in [0, 0.05) is 0 Å². The summed E-state index contributed by atoms with van der Waals surface area (Å²) in [4.78, 5) is 29.4. The van der Waals surface area contributed by atoms with Crippen molar-refractivity contribution in [2.24, 2.45) is 11.8 Å². The lowest BCUT2D eigenvalue weighted by Gasteiger charge is -2.29. The Hall–Kier alpha value is -1.92. The van der Waals surface area contributed by atoms with Crippen molar-refractivity contribution in [3.63, 3.8) is 0 Å². The van der Waals surface area contributed by atoms with Crippen molar-refractivity contribution in [2.75, 3.05) is 7.11 Å². The minimum atomic E-state index is -0.971. The minimum Gasteiger partial charge on any atom is -0.481 e. The zero-order valence-corrected chi connectivity index (χ0v) is 12.3. The van der Waals surface area contributed by atoms with Crippen molar-refractivity contribution in [3.05, 3.63) is 35.9 Å². The molecule has 6 heteroatoms. The van der Waals surface area contributed by atoms with Gasteiger partial charge in [-0.05, 0) is 18.4 Å². The molecule has 4 atom stereocenters. The lowest BCUT2D eigenvalue weighted by Crippen LogP contribution is -2.45. The maximum atomic E-state index is 12.7. The van der Waals surface area contributed by atoms with Crippen LogP contribution in [0.1, 0.15) is 18.4 Å². The van der Waals surface area contributed by atoms with E-state index < -0.39 is 17.8 Å². The highest BCUT2D eigenvalue weighted by molar-refractivity contribution is 5.86. The van der Waals surface area contributed by atoms with Crippen LogP contribution < -0.4 is 0 Å². The predicted octanol–water partition coefficient (Wildman–Crippen LogP) is 1.45. The molecular weight excluding hydrogens is 286 g/mol. The largest absolute Gasteiger partial charge is 0.481 e. The molecule has 2 aliphatic rings. The molecule has 3 rings (SSSR count). The van der Waals surface area contributed by atoms with Gasteiger partial charge in [-0.15, -0.1) is 0 Å². The molecule has 0 radical (unpaired) electrons. The van der Waals surface area contributed by atoms with Gasteiger partial charge in [0.25, 0.3) is 5.91 Å². The van der Waals surface area contributed by atoms with Crippen LogP contribution in [0.3, 0.4) is 0 Å². The van der Waals surface area contributed by atoms with Gasteiger partial charge in [-0.25, -0.2) is 5.06 Å². The Bertz CT molecular complexity index is 561. The van der Waals surface area contributed by atoms with Crippen LogP contribution >= 0.6 is 0 Å². The normalized spacial score (nSPS) is 29.5. The first-order chi connectivity index (χ1) is 10.6. The third-order valence-corrected chi connectivity index (χ3v) is 4.48. The highest BCUT2D eigenvalue weighted by Gasteiger charge is 2.56. The highest BCUT2D eigenvalue weighted by atomic mass is 16.7. The molecule has 22 heavy (non-hydrogen) atoms. The van der Waals surface area contributed by atoms with E-state index in [1.165, 1.54) is 12.2 Å². The number of hydrogen-bond donors (Lipinski definition) is 1. The molecule has 118 valence electrons.